The molecule has 0 radical (unpaired) electrons. The van der Waals surface area contributed by atoms with Crippen LogP contribution >= 0.6 is 0 Å². The number of hydrogen-bond donors (Lipinski definition) is 2. The van der Waals surface area contributed by atoms with Crippen LogP contribution in [0.2, 0.25) is 0 Å². The molecule has 18 heavy (non-hydrogen) atoms. The van der Waals surface area contributed by atoms with Crippen LogP contribution in [0.1, 0.15) is 25.1 Å². The fourth-order valence-electron chi connectivity index (χ4n) is 1.95. The molecule has 2 rings (SSSR count). The first-order valence-electron chi connectivity index (χ1n) is 6.20. The van der Waals surface area contributed by atoms with E-state index in [-0.39, 0.29) is 12.1 Å². The Balaban J connectivity index is 1.70. The number of likely N-dealkylation sites (N-methyl/N-ethyl adjacent to an activating group) is 1. The second-order valence-corrected chi connectivity index (χ2v) is 4.46. The highest BCUT2D eigenvalue weighted by Gasteiger charge is 2.18. The van der Waals surface area contributed by atoms with Crippen LogP contribution in [-0.4, -0.2) is 52.4 Å². The van der Waals surface area contributed by atoms with Gasteiger partial charge in [0.1, 0.15) is 12.2 Å². The molecule has 0 bridgehead atoms. The number of rotatable bonds is 4. The highest BCUT2D eigenvalue weighted by molar-refractivity contribution is 5.73. The SMILES string of the molecule is CN(C[C@@H]1CCCCO1)C(=O)NCc1ncn[nH]1. The minimum atomic E-state index is -0.124. The Morgan fingerprint density at radius 1 is 1.67 bits per heavy atom. The van der Waals surface area contributed by atoms with Gasteiger partial charge in [0.05, 0.1) is 12.6 Å². The van der Waals surface area contributed by atoms with Gasteiger partial charge in [-0.1, -0.05) is 0 Å². The Bertz CT molecular complexity index is 362. The minimum Gasteiger partial charge on any atom is -0.376 e. The molecule has 0 saturated carbocycles. The van der Waals surface area contributed by atoms with Crippen molar-refractivity contribution in [3.63, 3.8) is 0 Å². The van der Waals surface area contributed by atoms with Crippen LogP contribution < -0.4 is 5.32 Å². The number of urea groups is 1. The number of amides is 2. The number of aromatic amines is 1. The van der Waals surface area contributed by atoms with E-state index in [0.29, 0.717) is 18.9 Å². The second-order valence-electron chi connectivity index (χ2n) is 4.46. The zero-order chi connectivity index (χ0) is 12.8. The van der Waals surface area contributed by atoms with Crippen molar-refractivity contribution in [2.45, 2.75) is 31.9 Å². The number of carbonyl (C=O) groups is 1. The Morgan fingerprint density at radius 3 is 3.22 bits per heavy atom. The highest BCUT2D eigenvalue weighted by atomic mass is 16.5. The van der Waals surface area contributed by atoms with E-state index < -0.39 is 0 Å². The van der Waals surface area contributed by atoms with Crippen LogP contribution in [0.25, 0.3) is 0 Å². The van der Waals surface area contributed by atoms with E-state index >= 15 is 0 Å². The fourth-order valence-corrected chi connectivity index (χ4v) is 1.95. The van der Waals surface area contributed by atoms with Crippen LogP contribution in [0.5, 0.6) is 0 Å². The molecule has 0 unspecified atom stereocenters. The molecule has 2 amide bonds. The largest absolute Gasteiger partial charge is 0.376 e. The van der Waals surface area contributed by atoms with Crippen molar-refractivity contribution in [1.82, 2.24) is 25.4 Å². The van der Waals surface area contributed by atoms with Gasteiger partial charge in [0.25, 0.3) is 0 Å². The zero-order valence-electron chi connectivity index (χ0n) is 10.6. The molecule has 2 N–H and O–H groups in total. The summed E-state index contributed by atoms with van der Waals surface area (Å²) in [4.78, 5) is 17.4. The number of carbonyl (C=O) groups excluding carboxylic acids is 1. The first-order chi connectivity index (χ1) is 8.75. The molecule has 0 spiro atoms. The summed E-state index contributed by atoms with van der Waals surface area (Å²) in [6, 6.07) is -0.124. The van der Waals surface area contributed by atoms with Gasteiger partial charge in [-0.3, -0.25) is 5.10 Å². The standard InChI is InChI=1S/C11H19N5O2/c1-16(7-9-4-2-3-5-18-9)11(17)12-6-10-13-8-14-15-10/h8-9H,2-7H2,1H3,(H,12,17)(H,13,14,15)/t9-/m0/s1. The number of H-pyrrole nitrogens is 1. The van der Waals surface area contributed by atoms with E-state index in [0.717, 1.165) is 19.4 Å². The van der Waals surface area contributed by atoms with Crippen LogP contribution in [0, 0.1) is 0 Å². The summed E-state index contributed by atoms with van der Waals surface area (Å²) >= 11 is 0. The average Bonchev–Trinajstić information content (AvgIpc) is 2.90. The maximum absolute atomic E-state index is 11.8. The molecule has 1 saturated heterocycles. The van der Waals surface area contributed by atoms with Gasteiger partial charge in [-0.2, -0.15) is 5.10 Å². The monoisotopic (exact) mass is 253 g/mol. The fraction of sp³-hybridized carbons (Fsp3) is 0.727. The van der Waals surface area contributed by atoms with Crippen LogP contribution in [-0.2, 0) is 11.3 Å². The lowest BCUT2D eigenvalue weighted by Gasteiger charge is -2.27. The van der Waals surface area contributed by atoms with Gasteiger partial charge >= 0.3 is 6.03 Å². The van der Waals surface area contributed by atoms with Crippen molar-refractivity contribution in [1.29, 1.82) is 0 Å². The smallest absolute Gasteiger partial charge is 0.317 e. The van der Waals surface area contributed by atoms with Crippen molar-refractivity contribution < 1.29 is 9.53 Å². The van der Waals surface area contributed by atoms with Crippen molar-refractivity contribution in [3.8, 4) is 0 Å². The third-order valence-electron chi connectivity index (χ3n) is 2.97. The molecule has 1 aliphatic rings. The Morgan fingerprint density at radius 2 is 2.56 bits per heavy atom. The summed E-state index contributed by atoms with van der Waals surface area (Å²) in [5, 5.41) is 9.18. The zero-order valence-corrected chi connectivity index (χ0v) is 10.6. The van der Waals surface area contributed by atoms with Gasteiger partial charge in [-0.15, -0.1) is 0 Å². The molecule has 1 aromatic rings. The maximum atomic E-state index is 11.8. The minimum absolute atomic E-state index is 0.124. The predicted octanol–water partition coefficient (Wildman–Crippen LogP) is 0.515. The number of nitrogens with zero attached hydrogens (tertiary/aromatic N) is 3. The first-order valence-corrected chi connectivity index (χ1v) is 6.20. The second kappa shape index (κ2) is 6.34. The highest BCUT2D eigenvalue weighted by Crippen LogP contribution is 2.13. The summed E-state index contributed by atoms with van der Waals surface area (Å²) in [6.07, 6.45) is 4.91. The van der Waals surface area contributed by atoms with Crippen molar-refractivity contribution in [2.24, 2.45) is 0 Å². The first kappa shape index (κ1) is 12.8. The number of ether oxygens (including phenoxy) is 1. The Hall–Kier alpha value is -1.63. The summed E-state index contributed by atoms with van der Waals surface area (Å²) in [5.41, 5.74) is 0. The molecule has 2 heterocycles. The molecular weight excluding hydrogens is 234 g/mol. The van der Waals surface area contributed by atoms with Crippen molar-refractivity contribution in [2.75, 3.05) is 20.2 Å². The van der Waals surface area contributed by atoms with E-state index in [9.17, 15) is 4.79 Å². The van der Waals surface area contributed by atoms with Gasteiger partial charge in [-0.25, -0.2) is 9.78 Å². The van der Waals surface area contributed by atoms with Gasteiger partial charge in [0.2, 0.25) is 0 Å². The Kier molecular flexibility index (Phi) is 4.52. The van der Waals surface area contributed by atoms with E-state index in [2.05, 4.69) is 20.5 Å². The van der Waals surface area contributed by atoms with E-state index in [1.54, 1.807) is 11.9 Å². The van der Waals surface area contributed by atoms with E-state index in [1.165, 1.54) is 12.7 Å². The molecule has 1 atom stereocenters. The number of hydrogen-bond acceptors (Lipinski definition) is 4. The predicted molar refractivity (Wildman–Crippen MR) is 64.8 cm³/mol. The molecule has 100 valence electrons. The van der Waals surface area contributed by atoms with E-state index in [1.807, 2.05) is 0 Å². The Labute approximate surface area is 106 Å². The third kappa shape index (κ3) is 3.69. The van der Waals surface area contributed by atoms with Gasteiger partial charge in [-0.05, 0) is 19.3 Å². The van der Waals surface area contributed by atoms with Gasteiger partial charge in [0.15, 0.2) is 0 Å². The number of nitrogens with one attached hydrogen (secondary N) is 2. The summed E-state index contributed by atoms with van der Waals surface area (Å²) in [5.74, 6) is 0.644. The lowest BCUT2D eigenvalue weighted by atomic mass is 10.1. The molecule has 0 aromatic carbocycles. The topological polar surface area (TPSA) is 83.1 Å². The molecular formula is C11H19N5O2. The normalized spacial score (nSPS) is 19.5. The molecule has 7 nitrogen and oxygen atoms in total. The number of aromatic nitrogens is 3. The summed E-state index contributed by atoms with van der Waals surface area (Å²) < 4.78 is 5.60. The van der Waals surface area contributed by atoms with Crippen LogP contribution in [0.3, 0.4) is 0 Å². The maximum Gasteiger partial charge on any atom is 0.317 e. The molecule has 0 aliphatic carbocycles. The molecule has 1 fully saturated rings. The third-order valence-corrected chi connectivity index (χ3v) is 2.97. The van der Waals surface area contributed by atoms with Crippen LogP contribution in [0.4, 0.5) is 4.79 Å². The quantitative estimate of drug-likeness (QED) is 0.819. The van der Waals surface area contributed by atoms with E-state index in [4.69, 9.17) is 4.74 Å². The summed E-state index contributed by atoms with van der Waals surface area (Å²) in [6.45, 7) is 1.79. The van der Waals surface area contributed by atoms with Gasteiger partial charge < -0.3 is 15.0 Å². The lowest BCUT2D eigenvalue weighted by Crippen LogP contribution is -2.42. The van der Waals surface area contributed by atoms with Gasteiger partial charge in [0, 0.05) is 20.2 Å². The molecule has 7 heteroatoms. The van der Waals surface area contributed by atoms with Crippen molar-refractivity contribution >= 4 is 6.03 Å². The average molecular weight is 253 g/mol. The lowest BCUT2D eigenvalue weighted by molar-refractivity contribution is 0.00384. The summed E-state index contributed by atoms with van der Waals surface area (Å²) in [7, 11) is 1.77. The van der Waals surface area contributed by atoms with Crippen LogP contribution in [0.15, 0.2) is 6.33 Å². The molecule has 1 aliphatic heterocycles. The molecule has 1 aromatic heterocycles. The van der Waals surface area contributed by atoms with Crippen molar-refractivity contribution in [3.05, 3.63) is 12.2 Å².